The Morgan fingerprint density at radius 3 is 2.36 bits per heavy atom. The topological polar surface area (TPSA) is 46.9 Å². The summed E-state index contributed by atoms with van der Waals surface area (Å²) in [4.78, 5) is 12.9. The Morgan fingerprint density at radius 1 is 1.14 bits per heavy atom. The molecule has 0 radical (unpaired) electrons. The van der Waals surface area contributed by atoms with Gasteiger partial charge in [0, 0.05) is 0 Å². The number of carbonyl (C=O) groups excluding carboxylic acids is 1. The summed E-state index contributed by atoms with van der Waals surface area (Å²) >= 11 is 6.45. The molecule has 6 heteroatoms. The molecule has 1 heterocycles. The summed E-state index contributed by atoms with van der Waals surface area (Å²) in [6.07, 6.45) is 0. The van der Waals surface area contributed by atoms with Crippen LogP contribution in [0.1, 0.15) is 51.3 Å². The first-order chi connectivity index (χ1) is 13.2. The summed E-state index contributed by atoms with van der Waals surface area (Å²) in [5.41, 5.74) is 5.10. The normalized spacial score (nSPS) is 12.1. The number of rotatable bonds is 5. The highest BCUT2D eigenvalue weighted by molar-refractivity contribution is 6.33. The monoisotopic (exact) mass is 399 g/mol. The van der Waals surface area contributed by atoms with E-state index in [-0.39, 0.29) is 22.9 Å². The molecule has 3 rings (SSSR count). The van der Waals surface area contributed by atoms with E-state index in [0.29, 0.717) is 17.8 Å². The number of nitrogens with one attached hydrogen (secondary N) is 1. The molecule has 0 spiro atoms. The summed E-state index contributed by atoms with van der Waals surface area (Å²) in [6.45, 7) is 8.12. The number of amides is 1. The summed E-state index contributed by atoms with van der Waals surface area (Å²) < 4.78 is 14.6. The Bertz CT molecular complexity index is 991. The number of halogens is 2. The van der Waals surface area contributed by atoms with Gasteiger partial charge >= 0.3 is 0 Å². The fraction of sp³-hybridized carbons (Fsp3) is 0.273. The van der Waals surface area contributed by atoms with Crippen molar-refractivity contribution in [1.29, 1.82) is 0 Å². The van der Waals surface area contributed by atoms with Crippen molar-refractivity contribution < 1.29 is 9.18 Å². The van der Waals surface area contributed by atoms with Crippen molar-refractivity contribution in [2.75, 3.05) is 0 Å². The molecule has 0 saturated carbocycles. The first kappa shape index (κ1) is 20.1. The van der Waals surface area contributed by atoms with Crippen LogP contribution in [0, 0.1) is 26.6 Å². The molecule has 0 fully saturated rings. The minimum Gasteiger partial charge on any atom is -0.345 e. The van der Waals surface area contributed by atoms with Gasteiger partial charge in [0.25, 0.3) is 5.91 Å². The molecule has 1 atom stereocenters. The van der Waals surface area contributed by atoms with Crippen molar-refractivity contribution in [3.8, 4) is 0 Å². The summed E-state index contributed by atoms with van der Waals surface area (Å²) in [5.74, 6) is -0.563. The summed E-state index contributed by atoms with van der Waals surface area (Å²) in [6, 6.07) is 12.2. The van der Waals surface area contributed by atoms with E-state index in [2.05, 4.69) is 28.6 Å². The summed E-state index contributed by atoms with van der Waals surface area (Å²) in [7, 11) is 0. The highest BCUT2D eigenvalue weighted by Gasteiger charge is 2.22. The minimum atomic E-state index is -0.299. The first-order valence-electron chi connectivity index (χ1n) is 9.11. The van der Waals surface area contributed by atoms with E-state index >= 15 is 0 Å². The van der Waals surface area contributed by atoms with Crippen molar-refractivity contribution >= 4 is 17.5 Å². The Labute approximate surface area is 169 Å². The molecule has 1 amide bonds. The quantitative estimate of drug-likeness (QED) is 0.645. The number of hydrogen-bond acceptors (Lipinski definition) is 2. The number of carbonyl (C=O) groups is 1. The third kappa shape index (κ3) is 4.42. The van der Waals surface area contributed by atoms with E-state index in [1.165, 1.54) is 12.1 Å². The fourth-order valence-corrected chi connectivity index (χ4v) is 3.61. The van der Waals surface area contributed by atoms with Gasteiger partial charge in [-0.1, -0.05) is 53.1 Å². The van der Waals surface area contributed by atoms with Crippen LogP contribution in [-0.2, 0) is 6.54 Å². The van der Waals surface area contributed by atoms with Crippen molar-refractivity contribution in [3.05, 3.63) is 86.9 Å². The number of aromatic nitrogens is 2. The van der Waals surface area contributed by atoms with Gasteiger partial charge in [-0.2, -0.15) is 5.10 Å². The molecule has 1 unspecified atom stereocenters. The maximum atomic E-state index is 13.1. The molecular weight excluding hydrogens is 377 g/mol. The Balaban J connectivity index is 1.80. The summed E-state index contributed by atoms with van der Waals surface area (Å²) in [5, 5.41) is 7.66. The molecule has 28 heavy (non-hydrogen) atoms. The average Bonchev–Trinajstić information content (AvgIpc) is 2.89. The van der Waals surface area contributed by atoms with Gasteiger partial charge in [0.05, 0.1) is 23.8 Å². The molecule has 0 bridgehead atoms. The second-order valence-electron chi connectivity index (χ2n) is 7.15. The predicted octanol–water partition coefficient (Wildman–Crippen LogP) is 5.14. The Hall–Kier alpha value is -2.66. The van der Waals surface area contributed by atoms with Crippen LogP contribution in [-0.4, -0.2) is 15.7 Å². The van der Waals surface area contributed by atoms with Crippen LogP contribution in [0.15, 0.2) is 42.5 Å². The van der Waals surface area contributed by atoms with Gasteiger partial charge in [0.15, 0.2) is 0 Å². The molecule has 1 aromatic heterocycles. The van der Waals surface area contributed by atoms with Gasteiger partial charge in [-0.05, 0) is 51.0 Å². The molecule has 0 saturated heterocycles. The third-order valence-corrected chi connectivity index (χ3v) is 5.01. The van der Waals surface area contributed by atoms with Gasteiger partial charge in [0.1, 0.15) is 11.0 Å². The van der Waals surface area contributed by atoms with Crippen molar-refractivity contribution in [3.63, 3.8) is 0 Å². The number of benzene rings is 2. The van der Waals surface area contributed by atoms with Crippen LogP contribution >= 0.6 is 11.6 Å². The highest BCUT2D eigenvalue weighted by atomic mass is 35.5. The predicted molar refractivity (Wildman–Crippen MR) is 109 cm³/mol. The smallest absolute Gasteiger partial charge is 0.256 e. The lowest BCUT2D eigenvalue weighted by Gasteiger charge is -2.16. The molecule has 2 aromatic carbocycles. The van der Waals surface area contributed by atoms with E-state index in [1.54, 1.807) is 23.7 Å². The Kier molecular flexibility index (Phi) is 5.84. The largest absolute Gasteiger partial charge is 0.345 e. The molecule has 146 valence electrons. The molecular formula is C22H23ClFN3O. The maximum absolute atomic E-state index is 13.1. The third-order valence-electron chi connectivity index (χ3n) is 4.63. The van der Waals surface area contributed by atoms with Crippen LogP contribution in [0.5, 0.6) is 0 Å². The zero-order valence-corrected chi connectivity index (χ0v) is 17.1. The number of aryl methyl sites for hydroxylation is 3. The van der Waals surface area contributed by atoms with Gasteiger partial charge in [-0.15, -0.1) is 0 Å². The molecule has 1 N–H and O–H groups in total. The SMILES string of the molecule is Cc1cc(C)cc(C(C)NC(=O)c2c(C)nn(Cc3ccc(F)cc3)c2Cl)c1. The van der Waals surface area contributed by atoms with Crippen molar-refractivity contribution in [2.45, 2.75) is 40.3 Å². The number of nitrogens with zero attached hydrogens (tertiary/aromatic N) is 2. The van der Waals surface area contributed by atoms with E-state index in [1.807, 2.05) is 20.8 Å². The van der Waals surface area contributed by atoms with Gasteiger partial charge in [0.2, 0.25) is 0 Å². The standard InChI is InChI=1S/C22H23ClFN3O/c1-13-9-14(2)11-18(10-13)15(3)25-22(28)20-16(4)26-27(21(20)23)12-17-5-7-19(24)8-6-17/h5-11,15H,12H2,1-4H3,(H,25,28). The molecule has 0 aliphatic rings. The Morgan fingerprint density at radius 2 is 1.75 bits per heavy atom. The molecule has 4 nitrogen and oxygen atoms in total. The molecule has 3 aromatic rings. The average molecular weight is 400 g/mol. The van der Waals surface area contributed by atoms with E-state index < -0.39 is 0 Å². The maximum Gasteiger partial charge on any atom is 0.256 e. The van der Waals surface area contributed by atoms with Crippen LogP contribution in [0.3, 0.4) is 0 Å². The second kappa shape index (κ2) is 8.15. The lowest BCUT2D eigenvalue weighted by Crippen LogP contribution is -2.27. The zero-order valence-electron chi connectivity index (χ0n) is 16.4. The van der Waals surface area contributed by atoms with Gasteiger partial charge in [-0.3, -0.25) is 4.79 Å². The van der Waals surface area contributed by atoms with Crippen molar-refractivity contribution in [1.82, 2.24) is 15.1 Å². The van der Waals surface area contributed by atoms with Crippen LogP contribution < -0.4 is 5.32 Å². The van der Waals surface area contributed by atoms with Crippen LogP contribution in [0.2, 0.25) is 5.15 Å². The van der Waals surface area contributed by atoms with E-state index in [4.69, 9.17) is 11.6 Å². The van der Waals surface area contributed by atoms with Crippen molar-refractivity contribution in [2.24, 2.45) is 0 Å². The van der Waals surface area contributed by atoms with E-state index in [0.717, 1.165) is 22.3 Å². The van der Waals surface area contributed by atoms with Gasteiger partial charge < -0.3 is 5.32 Å². The molecule has 0 aliphatic heterocycles. The number of hydrogen-bond donors (Lipinski definition) is 1. The van der Waals surface area contributed by atoms with Crippen LogP contribution in [0.4, 0.5) is 4.39 Å². The van der Waals surface area contributed by atoms with Crippen LogP contribution in [0.25, 0.3) is 0 Å². The minimum absolute atomic E-state index is 0.165. The zero-order chi connectivity index (χ0) is 20.4. The highest BCUT2D eigenvalue weighted by Crippen LogP contribution is 2.23. The first-order valence-corrected chi connectivity index (χ1v) is 9.49. The lowest BCUT2D eigenvalue weighted by molar-refractivity contribution is 0.0939. The molecule has 0 aliphatic carbocycles. The lowest BCUT2D eigenvalue weighted by atomic mass is 10.0. The van der Waals surface area contributed by atoms with Gasteiger partial charge in [-0.25, -0.2) is 9.07 Å². The second-order valence-corrected chi connectivity index (χ2v) is 7.51. The fourth-order valence-electron chi connectivity index (χ4n) is 3.29. The van der Waals surface area contributed by atoms with E-state index in [9.17, 15) is 9.18 Å².